The smallest absolute Gasteiger partial charge is 0.312 e. The number of likely N-dealkylation sites (tertiary alicyclic amines) is 1. The van der Waals surface area contributed by atoms with Crippen LogP contribution in [-0.2, 0) is 28.6 Å². The molecule has 0 radical (unpaired) electrons. The van der Waals surface area contributed by atoms with E-state index < -0.39 is 41.6 Å². The first kappa shape index (κ1) is 22.4. The largest absolute Gasteiger partial charge is 0.466 e. The SMILES string of the molecule is CCOC(=O)[C@@H]1[C@H]2C(=O)N([C@H](C)CO)C(C(=O)NCCN3CCOCC3)C23CC[C@H]1O3. The van der Waals surface area contributed by atoms with Crippen LogP contribution in [0.25, 0.3) is 0 Å². The normalized spacial score (nSPS) is 35.8. The molecule has 10 nitrogen and oxygen atoms in total. The fourth-order valence-electron chi connectivity index (χ4n) is 5.72. The predicted octanol–water partition coefficient (Wildman–Crippen LogP) is -1.25. The molecule has 0 aromatic carbocycles. The number of esters is 1. The Hall–Kier alpha value is -1.75. The minimum atomic E-state index is -1.05. The Labute approximate surface area is 182 Å². The number of carbonyl (C=O) groups excluding carboxylic acids is 3. The Balaban J connectivity index is 1.54. The Morgan fingerprint density at radius 1 is 1.35 bits per heavy atom. The van der Waals surface area contributed by atoms with Crippen molar-refractivity contribution in [3.8, 4) is 0 Å². The van der Waals surface area contributed by atoms with E-state index >= 15 is 0 Å². The fraction of sp³-hybridized carbons (Fsp3) is 0.857. The third-order valence-electron chi connectivity index (χ3n) is 7.12. The molecular formula is C21H33N3O7. The van der Waals surface area contributed by atoms with Crippen molar-refractivity contribution in [3.05, 3.63) is 0 Å². The second-order valence-electron chi connectivity index (χ2n) is 8.83. The van der Waals surface area contributed by atoms with E-state index in [1.54, 1.807) is 13.8 Å². The molecule has 4 aliphatic rings. The molecule has 0 saturated carbocycles. The van der Waals surface area contributed by atoms with Gasteiger partial charge >= 0.3 is 5.97 Å². The summed E-state index contributed by atoms with van der Waals surface area (Å²) in [5.74, 6) is -2.52. The Bertz CT molecular complexity index is 713. The van der Waals surface area contributed by atoms with E-state index in [1.165, 1.54) is 4.90 Å². The van der Waals surface area contributed by atoms with Crippen molar-refractivity contribution < 1.29 is 33.7 Å². The standard InChI is InChI=1S/C21H33N3O7/c1-3-30-20(28)15-14-4-5-21(31-14)16(15)19(27)24(13(2)12-25)17(21)18(26)22-6-7-23-8-10-29-11-9-23/h13-17,25H,3-12H2,1-2H3,(H,22,26)/t13-,14-,15+,16+,17?,21?/m1/s1. The summed E-state index contributed by atoms with van der Waals surface area (Å²) in [5, 5.41) is 12.7. The van der Waals surface area contributed by atoms with Gasteiger partial charge in [0.15, 0.2) is 0 Å². The third-order valence-corrected chi connectivity index (χ3v) is 7.12. The first-order valence-electron chi connectivity index (χ1n) is 11.3. The quantitative estimate of drug-likeness (QED) is 0.451. The van der Waals surface area contributed by atoms with Crippen molar-refractivity contribution in [2.24, 2.45) is 11.8 Å². The molecule has 0 aromatic heterocycles. The molecule has 4 aliphatic heterocycles. The minimum absolute atomic E-state index is 0.220. The van der Waals surface area contributed by atoms with Gasteiger partial charge in [-0.25, -0.2) is 0 Å². The van der Waals surface area contributed by atoms with Crippen LogP contribution >= 0.6 is 0 Å². The first-order chi connectivity index (χ1) is 14.9. The van der Waals surface area contributed by atoms with Crippen molar-refractivity contribution in [1.82, 2.24) is 15.1 Å². The number of nitrogens with zero attached hydrogens (tertiary/aromatic N) is 2. The molecule has 6 atom stereocenters. The van der Waals surface area contributed by atoms with Gasteiger partial charge in [-0.3, -0.25) is 19.3 Å². The molecule has 0 aromatic rings. The van der Waals surface area contributed by atoms with Gasteiger partial charge in [-0.05, 0) is 26.7 Å². The molecule has 4 saturated heterocycles. The van der Waals surface area contributed by atoms with Gasteiger partial charge in [-0.1, -0.05) is 0 Å². The molecule has 2 unspecified atom stereocenters. The molecule has 1 spiro atoms. The summed E-state index contributed by atoms with van der Waals surface area (Å²) in [6, 6.07) is -1.44. The lowest BCUT2D eigenvalue weighted by molar-refractivity contribution is -0.155. The minimum Gasteiger partial charge on any atom is -0.466 e. The van der Waals surface area contributed by atoms with Crippen LogP contribution in [-0.4, -0.2) is 109 Å². The van der Waals surface area contributed by atoms with Crippen molar-refractivity contribution >= 4 is 17.8 Å². The summed E-state index contributed by atoms with van der Waals surface area (Å²) in [7, 11) is 0. The second-order valence-corrected chi connectivity index (χ2v) is 8.83. The summed E-state index contributed by atoms with van der Waals surface area (Å²) < 4.78 is 16.8. The lowest BCUT2D eigenvalue weighted by atomic mass is 9.71. The zero-order valence-corrected chi connectivity index (χ0v) is 18.2. The van der Waals surface area contributed by atoms with Gasteiger partial charge < -0.3 is 29.5 Å². The number of morpholine rings is 1. The number of hydrogen-bond acceptors (Lipinski definition) is 8. The molecule has 10 heteroatoms. The summed E-state index contributed by atoms with van der Waals surface area (Å²) in [5.41, 5.74) is -1.05. The maximum Gasteiger partial charge on any atom is 0.312 e. The number of fused-ring (bicyclic) bond motifs is 1. The second kappa shape index (κ2) is 9.01. The molecule has 31 heavy (non-hydrogen) atoms. The van der Waals surface area contributed by atoms with Crippen LogP contribution < -0.4 is 5.32 Å². The molecule has 2 amide bonds. The molecular weight excluding hydrogens is 406 g/mol. The number of ether oxygens (including phenoxy) is 3. The van der Waals surface area contributed by atoms with Gasteiger partial charge in [0.25, 0.3) is 0 Å². The topological polar surface area (TPSA) is 118 Å². The maximum absolute atomic E-state index is 13.5. The zero-order chi connectivity index (χ0) is 22.2. The van der Waals surface area contributed by atoms with E-state index in [1.807, 2.05) is 0 Å². The highest BCUT2D eigenvalue weighted by molar-refractivity contribution is 5.98. The van der Waals surface area contributed by atoms with Crippen LogP contribution in [0.4, 0.5) is 0 Å². The molecule has 4 fully saturated rings. The number of hydrogen-bond donors (Lipinski definition) is 2. The highest BCUT2D eigenvalue weighted by atomic mass is 16.6. The van der Waals surface area contributed by atoms with Crippen LogP contribution in [0.2, 0.25) is 0 Å². The summed E-state index contributed by atoms with van der Waals surface area (Å²) >= 11 is 0. The lowest BCUT2D eigenvalue weighted by Crippen LogP contribution is -2.58. The van der Waals surface area contributed by atoms with E-state index in [9.17, 15) is 19.5 Å². The van der Waals surface area contributed by atoms with E-state index in [0.29, 0.717) is 39.1 Å². The highest BCUT2D eigenvalue weighted by Gasteiger charge is 2.75. The number of nitrogens with one attached hydrogen (secondary N) is 1. The maximum atomic E-state index is 13.5. The van der Waals surface area contributed by atoms with Crippen molar-refractivity contribution in [2.45, 2.75) is 50.5 Å². The van der Waals surface area contributed by atoms with Crippen LogP contribution in [0.1, 0.15) is 26.7 Å². The molecule has 2 N–H and O–H groups in total. The van der Waals surface area contributed by atoms with Gasteiger partial charge in [-0.2, -0.15) is 0 Å². The molecule has 2 bridgehead atoms. The van der Waals surface area contributed by atoms with E-state index in [4.69, 9.17) is 14.2 Å². The highest BCUT2D eigenvalue weighted by Crippen LogP contribution is 2.58. The first-order valence-corrected chi connectivity index (χ1v) is 11.3. The Morgan fingerprint density at radius 2 is 2.10 bits per heavy atom. The summed E-state index contributed by atoms with van der Waals surface area (Å²) in [6.07, 6.45) is 0.718. The van der Waals surface area contributed by atoms with Gasteiger partial charge in [0, 0.05) is 26.2 Å². The van der Waals surface area contributed by atoms with E-state index in [-0.39, 0.29) is 25.0 Å². The van der Waals surface area contributed by atoms with E-state index in [2.05, 4.69) is 10.2 Å². The summed E-state index contributed by atoms with van der Waals surface area (Å²) in [4.78, 5) is 43.1. The van der Waals surface area contributed by atoms with Crippen molar-refractivity contribution in [3.63, 3.8) is 0 Å². The number of amides is 2. The number of aliphatic hydroxyl groups excluding tert-OH is 1. The van der Waals surface area contributed by atoms with Gasteiger partial charge in [0.05, 0.1) is 50.4 Å². The molecule has 174 valence electrons. The monoisotopic (exact) mass is 439 g/mol. The van der Waals surface area contributed by atoms with Gasteiger partial charge in [0.2, 0.25) is 11.8 Å². The lowest BCUT2D eigenvalue weighted by Gasteiger charge is -2.35. The number of carbonyl (C=O) groups is 3. The average molecular weight is 440 g/mol. The Morgan fingerprint density at radius 3 is 2.77 bits per heavy atom. The third kappa shape index (κ3) is 3.73. The Kier molecular flexibility index (Phi) is 6.52. The number of rotatable bonds is 8. The van der Waals surface area contributed by atoms with Crippen LogP contribution in [0.3, 0.4) is 0 Å². The van der Waals surface area contributed by atoms with Crippen LogP contribution in [0, 0.1) is 11.8 Å². The van der Waals surface area contributed by atoms with Gasteiger partial charge in [-0.15, -0.1) is 0 Å². The van der Waals surface area contributed by atoms with Crippen LogP contribution in [0.15, 0.2) is 0 Å². The van der Waals surface area contributed by atoms with E-state index in [0.717, 1.165) is 13.1 Å². The van der Waals surface area contributed by atoms with Crippen LogP contribution in [0.5, 0.6) is 0 Å². The molecule has 4 rings (SSSR count). The number of aliphatic hydroxyl groups is 1. The zero-order valence-electron chi connectivity index (χ0n) is 18.2. The molecule has 4 heterocycles. The van der Waals surface area contributed by atoms with Crippen molar-refractivity contribution in [2.75, 3.05) is 52.6 Å². The summed E-state index contributed by atoms with van der Waals surface area (Å²) in [6.45, 7) is 7.51. The molecule has 0 aliphatic carbocycles. The van der Waals surface area contributed by atoms with Gasteiger partial charge in [0.1, 0.15) is 11.6 Å². The predicted molar refractivity (Wildman–Crippen MR) is 108 cm³/mol. The van der Waals surface area contributed by atoms with Crippen molar-refractivity contribution in [1.29, 1.82) is 0 Å². The fourth-order valence-corrected chi connectivity index (χ4v) is 5.72. The average Bonchev–Trinajstić information content (AvgIpc) is 3.41.